The van der Waals surface area contributed by atoms with Crippen molar-refractivity contribution in [1.29, 1.82) is 5.41 Å². The lowest BCUT2D eigenvalue weighted by Crippen LogP contribution is -2.25. The maximum absolute atomic E-state index is 7.84. The van der Waals surface area contributed by atoms with Crippen molar-refractivity contribution in [3.05, 3.63) is 227 Å². The first-order chi connectivity index (χ1) is 26.1. The summed E-state index contributed by atoms with van der Waals surface area (Å²) in [6.07, 6.45) is 0. The van der Waals surface area contributed by atoms with E-state index >= 15 is 0 Å². The molecule has 53 heavy (non-hydrogen) atoms. The smallest absolute Gasteiger partial charge is 0.154 e. The van der Waals surface area contributed by atoms with Crippen molar-refractivity contribution in [2.24, 2.45) is 10.7 Å². The number of nitrogens with one attached hydrogen (secondary N) is 1. The second-order valence-corrected chi connectivity index (χ2v) is 13.7. The third kappa shape index (κ3) is 5.20. The van der Waals surface area contributed by atoms with Gasteiger partial charge >= 0.3 is 0 Å². The molecule has 0 saturated heterocycles. The Bertz CT molecular complexity index is 2640. The lowest BCUT2D eigenvalue weighted by atomic mass is 9.70. The van der Waals surface area contributed by atoms with Crippen LogP contribution in [0.3, 0.4) is 0 Å². The first-order valence-electron chi connectivity index (χ1n) is 18.0. The number of aryl methyl sites for hydroxylation is 1. The van der Waals surface area contributed by atoms with Crippen LogP contribution in [0.1, 0.15) is 38.9 Å². The van der Waals surface area contributed by atoms with Crippen molar-refractivity contribution in [1.82, 2.24) is 0 Å². The summed E-state index contributed by atoms with van der Waals surface area (Å²) in [6.45, 7) is 2.26. The van der Waals surface area contributed by atoms with Gasteiger partial charge in [-0.15, -0.1) is 0 Å². The van der Waals surface area contributed by atoms with Gasteiger partial charge in [-0.2, -0.15) is 0 Å². The second kappa shape index (κ2) is 13.0. The van der Waals surface area contributed by atoms with Crippen LogP contribution in [0.25, 0.3) is 44.2 Å². The predicted octanol–water partition coefficient (Wildman–Crippen LogP) is 11.6. The first kappa shape index (κ1) is 32.1. The normalized spacial score (nSPS) is 13.0. The molecule has 0 amide bonds. The number of nitrogens with zero attached hydrogens (tertiary/aromatic N) is 1. The van der Waals surface area contributed by atoms with Crippen LogP contribution in [0.5, 0.6) is 0 Å². The van der Waals surface area contributed by atoms with E-state index in [2.05, 4.69) is 139 Å². The van der Waals surface area contributed by atoms with Crippen LogP contribution in [0.4, 0.5) is 0 Å². The van der Waals surface area contributed by atoms with E-state index in [1.165, 1.54) is 72.0 Å². The van der Waals surface area contributed by atoms with Crippen LogP contribution in [0.15, 0.2) is 193 Å². The molecule has 0 radical (unpaired) electrons. The summed E-state index contributed by atoms with van der Waals surface area (Å²) in [5.74, 6) is 0.534. The molecule has 10 rings (SSSR count). The Morgan fingerprint density at radius 1 is 0.472 bits per heavy atom. The van der Waals surface area contributed by atoms with Crippen LogP contribution in [0.2, 0.25) is 0 Å². The van der Waals surface area contributed by atoms with E-state index in [9.17, 15) is 0 Å². The van der Waals surface area contributed by atoms with E-state index in [4.69, 9.17) is 11.1 Å². The molecule has 2 aliphatic carbocycles. The highest BCUT2D eigenvalue weighted by Gasteiger charge is 2.51. The largest absolute Gasteiger partial charge is 0.383 e. The fourth-order valence-electron chi connectivity index (χ4n) is 8.46. The van der Waals surface area contributed by atoms with E-state index in [1.54, 1.807) is 0 Å². The Morgan fingerprint density at radius 2 is 0.943 bits per heavy atom. The fourth-order valence-corrected chi connectivity index (χ4v) is 8.46. The molecule has 2 aliphatic rings. The Hall–Kier alpha value is -6.84. The molecule has 8 aromatic carbocycles. The lowest BCUT2D eigenvalue weighted by molar-refractivity contribution is 0.794. The van der Waals surface area contributed by atoms with Gasteiger partial charge in [-0.05, 0) is 85.0 Å². The molecule has 1 spiro atoms. The van der Waals surface area contributed by atoms with Crippen molar-refractivity contribution in [2.45, 2.75) is 12.3 Å². The molecule has 3 nitrogen and oxygen atoms in total. The maximum atomic E-state index is 7.84. The van der Waals surface area contributed by atoms with Crippen LogP contribution < -0.4 is 5.73 Å². The van der Waals surface area contributed by atoms with Gasteiger partial charge in [0, 0.05) is 11.1 Å². The summed E-state index contributed by atoms with van der Waals surface area (Å²) in [5, 5.41) is 10.5. The molecular formula is C50H37N3. The number of benzene rings is 8. The summed E-state index contributed by atoms with van der Waals surface area (Å²) in [4.78, 5) is 4.10. The molecule has 0 aliphatic heterocycles. The van der Waals surface area contributed by atoms with Gasteiger partial charge in [0.2, 0.25) is 0 Å². The maximum Gasteiger partial charge on any atom is 0.154 e. The van der Waals surface area contributed by atoms with Gasteiger partial charge in [0.05, 0.1) is 5.41 Å². The van der Waals surface area contributed by atoms with E-state index < -0.39 is 0 Å². The molecule has 3 heteroatoms. The average Bonchev–Trinajstić information content (AvgIpc) is 3.69. The third-order valence-corrected chi connectivity index (χ3v) is 10.9. The van der Waals surface area contributed by atoms with Gasteiger partial charge in [-0.3, -0.25) is 5.41 Å². The Balaban J connectivity index is 0.000000185. The fraction of sp³-hybridized carbons (Fsp3) is 0.0400. The van der Waals surface area contributed by atoms with Crippen molar-refractivity contribution in [3.63, 3.8) is 0 Å². The van der Waals surface area contributed by atoms with E-state index in [0.717, 1.165) is 11.1 Å². The minimum Gasteiger partial charge on any atom is -0.383 e. The quantitative estimate of drug-likeness (QED) is 0.142. The zero-order valence-electron chi connectivity index (χ0n) is 29.4. The zero-order valence-corrected chi connectivity index (χ0v) is 29.4. The zero-order chi connectivity index (χ0) is 35.9. The summed E-state index contributed by atoms with van der Waals surface area (Å²) in [7, 11) is 0. The molecule has 3 N–H and O–H groups in total. The Labute approximate surface area is 310 Å². The molecule has 0 unspecified atom stereocenters. The monoisotopic (exact) mass is 679 g/mol. The molecular weight excluding hydrogens is 643 g/mol. The summed E-state index contributed by atoms with van der Waals surface area (Å²) in [5.41, 5.74) is 22.0. The number of nitrogens with two attached hydrogens (primary N) is 1. The number of amidine groups is 2. The SMILES string of the molecule is Cc1c(-c2ccc3c(c2)C2(c4ccccc4-c4ccccc42)c2ccccc2-3)ccc2ccccc12.N=C(N=C(N)c1ccccc1)c1ccccc1. The van der Waals surface area contributed by atoms with Crippen molar-refractivity contribution in [2.75, 3.05) is 0 Å². The van der Waals surface area contributed by atoms with Gasteiger partial charge in [0.15, 0.2) is 5.84 Å². The number of hydrogen-bond donors (Lipinski definition) is 2. The highest BCUT2D eigenvalue weighted by Crippen LogP contribution is 2.63. The van der Waals surface area contributed by atoms with Crippen LogP contribution in [-0.4, -0.2) is 11.7 Å². The standard InChI is InChI=1S/C36H24.C14H13N3/c1-23-26-11-3-2-10-24(26)18-20-27(23)25-19-21-31-30-14-6-9-17-34(30)36(35(31)22-25)32-15-7-4-12-28(32)29-13-5-8-16-33(29)36;15-13(11-7-3-1-4-8-11)17-14(16)12-9-5-2-6-10-12/h2-22H,1H3;1-10H,(H3,15,16,17). The first-order valence-corrected chi connectivity index (χ1v) is 18.0. The number of fused-ring (bicyclic) bond motifs is 11. The van der Waals surface area contributed by atoms with E-state index in [-0.39, 0.29) is 11.3 Å². The minimum atomic E-state index is -0.292. The van der Waals surface area contributed by atoms with Gasteiger partial charge < -0.3 is 5.73 Å². The second-order valence-electron chi connectivity index (χ2n) is 13.7. The highest BCUT2D eigenvalue weighted by atomic mass is 14.9. The molecule has 252 valence electrons. The van der Waals surface area contributed by atoms with Gasteiger partial charge in [-0.25, -0.2) is 4.99 Å². The number of rotatable bonds is 3. The Morgan fingerprint density at radius 3 is 1.55 bits per heavy atom. The average molecular weight is 680 g/mol. The molecule has 8 aromatic rings. The lowest BCUT2D eigenvalue weighted by Gasteiger charge is -2.30. The van der Waals surface area contributed by atoms with Crippen molar-refractivity contribution < 1.29 is 0 Å². The van der Waals surface area contributed by atoms with E-state index in [1.807, 2.05) is 60.7 Å². The van der Waals surface area contributed by atoms with Crippen LogP contribution in [0, 0.1) is 12.3 Å². The topological polar surface area (TPSA) is 62.2 Å². The molecule has 0 heterocycles. The highest BCUT2D eigenvalue weighted by molar-refractivity contribution is 6.09. The predicted molar refractivity (Wildman–Crippen MR) is 221 cm³/mol. The summed E-state index contributed by atoms with van der Waals surface area (Å²) >= 11 is 0. The van der Waals surface area contributed by atoms with Crippen molar-refractivity contribution >= 4 is 22.4 Å². The van der Waals surface area contributed by atoms with Crippen LogP contribution >= 0.6 is 0 Å². The molecule has 0 saturated carbocycles. The van der Waals surface area contributed by atoms with Gasteiger partial charge in [0.1, 0.15) is 5.84 Å². The minimum absolute atomic E-state index is 0.173. The molecule has 0 aromatic heterocycles. The van der Waals surface area contributed by atoms with Crippen LogP contribution in [-0.2, 0) is 5.41 Å². The number of aliphatic imine (C=N–C) groups is 1. The Kier molecular flexibility index (Phi) is 7.90. The molecule has 0 fully saturated rings. The summed E-state index contributed by atoms with van der Waals surface area (Å²) < 4.78 is 0. The van der Waals surface area contributed by atoms with Gasteiger partial charge in [0.25, 0.3) is 0 Å². The number of hydrogen-bond acceptors (Lipinski definition) is 1. The van der Waals surface area contributed by atoms with E-state index in [0.29, 0.717) is 5.84 Å². The third-order valence-electron chi connectivity index (χ3n) is 10.9. The summed E-state index contributed by atoms with van der Waals surface area (Å²) in [6, 6.07) is 66.2. The molecule has 0 bridgehead atoms. The van der Waals surface area contributed by atoms with Crippen molar-refractivity contribution in [3.8, 4) is 33.4 Å². The van der Waals surface area contributed by atoms with Gasteiger partial charge in [-0.1, -0.05) is 182 Å². The molecule has 0 atom stereocenters.